The molecule has 0 aromatic rings. The van der Waals surface area contributed by atoms with Crippen LogP contribution in [0.4, 0.5) is 0 Å². The van der Waals surface area contributed by atoms with E-state index in [9.17, 15) is 4.79 Å². The number of carbonyl (C=O) groups is 1. The van der Waals surface area contributed by atoms with Gasteiger partial charge in [0.15, 0.2) is 6.29 Å². The summed E-state index contributed by atoms with van der Waals surface area (Å²) in [5, 5.41) is 42.9. The van der Waals surface area contributed by atoms with E-state index in [0.29, 0.717) is 6.42 Å². The van der Waals surface area contributed by atoms with Crippen LogP contribution < -0.4 is 0 Å². The maximum Gasteiger partial charge on any atom is 0.309 e. The predicted molar refractivity (Wildman–Crippen MR) is 76.0 cm³/mol. The third kappa shape index (κ3) is 9.25. The highest BCUT2D eigenvalue weighted by molar-refractivity contribution is 5.73. The summed E-state index contributed by atoms with van der Waals surface area (Å²) in [5.74, 6) is -0.931. The fourth-order valence-electron chi connectivity index (χ4n) is 1.02. The molecule has 20 heavy (non-hydrogen) atoms. The fourth-order valence-corrected chi connectivity index (χ4v) is 1.02. The summed E-state index contributed by atoms with van der Waals surface area (Å²) in [6.07, 6.45) is -0.624. The molecular weight excluding hydrogens is 264 g/mol. The summed E-state index contributed by atoms with van der Waals surface area (Å²) in [4.78, 5) is 10.8. The third-order valence-corrected chi connectivity index (χ3v) is 3.50. The van der Waals surface area contributed by atoms with Gasteiger partial charge in [0, 0.05) is 5.41 Å². The van der Waals surface area contributed by atoms with E-state index >= 15 is 0 Å². The largest absolute Gasteiger partial charge is 0.481 e. The molecule has 0 rings (SSSR count). The van der Waals surface area contributed by atoms with Gasteiger partial charge in [0.05, 0.1) is 18.6 Å². The molecule has 0 aromatic heterocycles. The van der Waals surface area contributed by atoms with E-state index in [4.69, 9.17) is 25.5 Å². The van der Waals surface area contributed by atoms with Crippen LogP contribution in [0, 0.1) is 16.7 Å². The molecule has 0 fully saturated rings. The van der Waals surface area contributed by atoms with Crippen LogP contribution in [0.1, 0.15) is 47.5 Å². The Kier molecular flexibility index (Phi) is 10.0. The van der Waals surface area contributed by atoms with E-state index < -0.39 is 17.7 Å². The molecule has 6 heteroatoms. The Labute approximate surface area is 121 Å². The Morgan fingerprint density at radius 2 is 1.40 bits per heavy atom. The lowest BCUT2D eigenvalue weighted by Gasteiger charge is -2.27. The zero-order valence-corrected chi connectivity index (χ0v) is 13.1. The van der Waals surface area contributed by atoms with Crippen molar-refractivity contribution in [3.8, 4) is 0 Å². The van der Waals surface area contributed by atoms with Crippen molar-refractivity contribution in [2.45, 2.75) is 53.8 Å². The molecular formula is C14H30O6. The summed E-state index contributed by atoms with van der Waals surface area (Å²) in [5.41, 5.74) is -1.12. The van der Waals surface area contributed by atoms with Gasteiger partial charge in [-0.3, -0.25) is 4.79 Å². The molecule has 1 atom stereocenters. The number of aliphatic hydroxyl groups excluding tert-OH is 3. The molecule has 6 nitrogen and oxygen atoms in total. The van der Waals surface area contributed by atoms with Gasteiger partial charge >= 0.3 is 5.97 Å². The molecule has 0 saturated carbocycles. The molecule has 1 unspecified atom stereocenters. The molecule has 0 saturated heterocycles. The number of hydrogen-bond donors (Lipinski definition) is 5. The minimum Gasteiger partial charge on any atom is -0.481 e. The zero-order chi connectivity index (χ0) is 16.6. The van der Waals surface area contributed by atoms with Gasteiger partial charge in [0.25, 0.3) is 0 Å². The molecule has 0 aliphatic heterocycles. The number of rotatable bonds is 7. The Morgan fingerprint density at radius 3 is 1.60 bits per heavy atom. The van der Waals surface area contributed by atoms with Crippen molar-refractivity contribution < 1.29 is 30.3 Å². The first-order valence-electron chi connectivity index (χ1n) is 6.72. The molecule has 0 heterocycles. The van der Waals surface area contributed by atoms with Crippen molar-refractivity contribution in [3.63, 3.8) is 0 Å². The topological polar surface area (TPSA) is 118 Å². The van der Waals surface area contributed by atoms with Crippen LogP contribution in [-0.4, -0.2) is 51.0 Å². The van der Waals surface area contributed by atoms with Crippen LogP contribution in [0.25, 0.3) is 0 Å². The van der Waals surface area contributed by atoms with Crippen LogP contribution in [-0.2, 0) is 4.79 Å². The van der Waals surface area contributed by atoms with Crippen molar-refractivity contribution in [2.24, 2.45) is 16.7 Å². The Bertz CT molecular complexity index is 267. The van der Waals surface area contributed by atoms with Gasteiger partial charge in [-0.05, 0) is 32.6 Å². The third-order valence-electron chi connectivity index (χ3n) is 3.50. The first kappa shape index (κ1) is 21.6. The highest BCUT2D eigenvalue weighted by Crippen LogP contribution is 2.30. The molecule has 5 N–H and O–H groups in total. The number of aliphatic carboxylic acids is 1. The summed E-state index contributed by atoms with van der Waals surface area (Å²) < 4.78 is 0. The van der Waals surface area contributed by atoms with E-state index in [0.717, 1.165) is 0 Å². The van der Waals surface area contributed by atoms with Gasteiger partial charge in [0.1, 0.15) is 0 Å². The lowest BCUT2D eigenvalue weighted by atomic mass is 9.77. The Balaban J connectivity index is 0. The van der Waals surface area contributed by atoms with Gasteiger partial charge in [-0.15, -0.1) is 0 Å². The molecule has 0 amide bonds. The SMILES string of the molecule is CC(C)(CO)CO.CC(CCC(O)O)C(C)(C)C(=O)O. The predicted octanol–water partition coefficient (Wildman–Crippen LogP) is 0.821. The minimum atomic E-state index is -1.34. The smallest absolute Gasteiger partial charge is 0.309 e. The number of carboxylic acid groups (broad SMARTS) is 1. The fraction of sp³-hybridized carbons (Fsp3) is 0.929. The monoisotopic (exact) mass is 294 g/mol. The highest BCUT2D eigenvalue weighted by Gasteiger charge is 2.33. The summed E-state index contributed by atoms with van der Waals surface area (Å²) >= 11 is 0. The van der Waals surface area contributed by atoms with Crippen LogP contribution in [0.15, 0.2) is 0 Å². The van der Waals surface area contributed by atoms with E-state index in [1.165, 1.54) is 0 Å². The van der Waals surface area contributed by atoms with Gasteiger partial charge in [-0.1, -0.05) is 20.8 Å². The molecule has 0 bridgehead atoms. The van der Waals surface area contributed by atoms with Crippen molar-refractivity contribution in [1.82, 2.24) is 0 Å². The number of hydrogen-bond acceptors (Lipinski definition) is 5. The van der Waals surface area contributed by atoms with Crippen molar-refractivity contribution in [3.05, 3.63) is 0 Å². The summed E-state index contributed by atoms with van der Waals surface area (Å²) in [6, 6.07) is 0. The van der Waals surface area contributed by atoms with E-state index in [1.807, 2.05) is 0 Å². The summed E-state index contributed by atoms with van der Waals surface area (Å²) in [7, 11) is 0. The number of aliphatic hydroxyl groups is 4. The van der Waals surface area contributed by atoms with E-state index in [2.05, 4.69) is 0 Å². The second-order valence-corrected chi connectivity index (χ2v) is 6.47. The van der Waals surface area contributed by atoms with Gasteiger partial charge < -0.3 is 25.5 Å². The van der Waals surface area contributed by atoms with Crippen molar-refractivity contribution in [2.75, 3.05) is 13.2 Å². The average molecular weight is 294 g/mol. The van der Waals surface area contributed by atoms with Crippen LogP contribution in [0.5, 0.6) is 0 Å². The molecule has 122 valence electrons. The standard InChI is InChI=1S/C9H18O4.C5H12O2/c1-6(4-5-7(10)11)9(2,3)8(12)13;1-5(2,3-6)4-7/h6-7,10-11H,4-5H2,1-3H3,(H,12,13);6-7H,3-4H2,1-2H3. The van der Waals surface area contributed by atoms with Crippen LogP contribution >= 0.6 is 0 Å². The second-order valence-electron chi connectivity index (χ2n) is 6.47. The normalized spacial score (nSPS) is 13.7. The second kappa shape index (κ2) is 9.28. The van der Waals surface area contributed by atoms with Crippen LogP contribution in [0.2, 0.25) is 0 Å². The van der Waals surface area contributed by atoms with Crippen molar-refractivity contribution >= 4 is 5.97 Å². The molecule has 0 radical (unpaired) electrons. The van der Waals surface area contributed by atoms with Gasteiger partial charge in [-0.25, -0.2) is 0 Å². The first-order valence-corrected chi connectivity index (χ1v) is 6.72. The molecule has 0 aliphatic rings. The quantitative estimate of drug-likeness (QED) is 0.444. The maximum atomic E-state index is 10.8. The molecule has 0 spiro atoms. The zero-order valence-electron chi connectivity index (χ0n) is 13.1. The van der Waals surface area contributed by atoms with E-state index in [-0.39, 0.29) is 31.0 Å². The van der Waals surface area contributed by atoms with Crippen molar-refractivity contribution in [1.29, 1.82) is 0 Å². The average Bonchev–Trinajstić information content (AvgIpc) is 2.36. The lowest BCUT2D eigenvalue weighted by molar-refractivity contribution is -0.150. The first-order chi connectivity index (χ1) is 8.90. The highest BCUT2D eigenvalue weighted by atomic mass is 16.5. The minimum absolute atomic E-state index is 0.0451. The summed E-state index contributed by atoms with van der Waals surface area (Å²) in [6.45, 7) is 8.77. The van der Waals surface area contributed by atoms with Gasteiger partial charge in [0.2, 0.25) is 0 Å². The Morgan fingerprint density at radius 1 is 1.00 bits per heavy atom. The molecule has 0 aliphatic carbocycles. The van der Waals surface area contributed by atoms with Crippen LogP contribution in [0.3, 0.4) is 0 Å². The van der Waals surface area contributed by atoms with E-state index in [1.54, 1.807) is 34.6 Å². The Hall–Kier alpha value is -0.690. The maximum absolute atomic E-state index is 10.8. The van der Waals surface area contributed by atoms with Gasteiger partial charge in [-0.2, -0.15) is 0 Å². The molecule has 0 aromatic carbocycles. The lowest BCUT2D eigenvalue weighted by Crippen LogP contribution is -2.31. The number of carboxylic acids is 1.